The minimum Gasteiger partial charge on any atom is -0.435 e. The maximum Gasteiger partial charge on any atom is 0.238 e. The number of nitrogens with zero attached hydrogens (tertiary/aromatic N) is 1. The van der Waals surface area contributed by atoms with Gasteiger partial charge >= 0.3 is 0 Å². The molecule has 15 heavy (non-hydrogen) atoms. The maximum absolute atomic E-state index is 5.78. The van der Waals surface area contributed by atoms with E-state index in [1.165, 1.54) is 0 Å². The average Bonchev–Trinajstić information content (AvgIpc) is 2.58. The van der Waals surface area contributed by atoms with Crippen LogP contribution in [-0.4, -0.2) is 10.2 Å². The molecule has 78 valence electrons. The van der Waals surface area contributed by atoms with Crippen molar-refractivity contribution in [1.29, 1.82) is 0 Å². The van der Waals surface area contributed by atoms with Crippen LogP contribution < -0.4 is 10.5 Å². The maximum atomic E-state index is 5.78. The first-order chi connectivity index (χ1) is 7.15. The standard InChI is InChI=1S/C11H13N3O/c1-7-3-4-9(12)10(5-7)15-11-6-8(2)13-14-11/h3-6H,12H2,1-2H3,(H,13,14). The molecular formula is C11H13N3O. The Hall–Kier alpha value is -1.97. The summed E-state index contributed by atoms with van der Waals surface area (Å²) in [5.74, 6) is 1.17. The number of rotatable bonds is 2. The van der Waals surface area contributed by atoms with Gasteiger partial charge in [-0.05, 0) is 31.5 Å². The third-order valence-electron chi connectivity index (χ3n) is 2.07. The van der Waals surface area contributed by atoms with E-state index in [4.69, 9.17) is 10.5 Å². The lowest BCUT2D eigenvalue weighted by molar-refractivity contribution is 0.463. The number of aromatic nitrogens is 2. The van der Waals surface area contributed by atoms with Crippen molar-refractivity contribution in [3.05, 3.63) is 35.5 Å². The van der Waals surface area contributed by atoms with E-state index in [-0.39, 0.29) is 0 Å². The van der Waals surface area contributed by atoms with E-state index in [2.05, 4.69) is 10.2 Å². The summed E-state index contributed by atoms with van der Waals surface area (Å²) in [6.45, 7) is 3.90. The predicted molar refractivity (Wildman–Crippen MR) is 59.0 cm³/mol. The fourth-order valence-electron chi connectivity index (χ4n) is 1.29. The Morgan fingerprint density at radius 2 is 2.07 bits per heavy atom. The van der Waals surface area contributed by atoms with E-state index in [1.54, 1.807) is 0 Å². The zero-order valence-corrected chi connectivity index (χ0v) is 8.74. The van der Waals surface area contributed by atoms with E-state index in [9.17, 15) is 0 Å². The first-order valence-corrected chi connectivity index (χ1v) is 4.71. The Bertz CT molecular complexity index is 476. The van der Waals surface area contributed by atoms with Gasteiger partial charge in [0.1, 0.15) is 0 Å². The smallest absolute Gasteiger partial charge is 0.238 e. The van der Waals surface area contributed by atoms with Gasteiger partial charge in [-0.15, -0.1) is 5.10 Å². The lowest BCUT2D eigenvalue weighted by Crippen LogP contribution is -1.92. The van der Waals surface area contributed by atoms with Crippen molar-refractivity contribution in [3.8, 4) is 11.6 Å². The van der Waals surface area contributed by atoms with Crippen molar-refractivity contribution in [2.75, 3.05) is 5.73 Å². The average molecular weight is 203 g/mol. The molecule has 0 fully saturated rings. The lowest BCUT2D eigenvalue weighted by Gasteiger charge is -2.05. The molecule has 2 aromatic rings. The normalized spacial score (nSPS) is 10.3. The minimum atomic E-state index is 0.532. The second-order valence-corrected chi connectivity index (χ2v) is 3.53. The molecule has 1 heterocycles. The number of nitrogen functional groups attached to an aromatic ring is 1. The second-order valence-electron chi connectivity index (χ2n) is 3.53. The van der Waals surface area contributed by atoms with Crippen LogP contribution in [0.2, 0.25) is 0 Å². The van der Waals surface area contributed by atoms with Gasteiger partial charge in [-0.1, -0.05) is 6.07 Å². The molecule has 0 spiro atoms. The Morgan fingerprint density at radius 1 is 1.27 bits per heavy atom. The van der Waals surface area contributed by atoms with Gasteiger partial charge in [0.15, 0.2) is 5.75 Å². The first-order valence-electron chi connectivity index (χ1n) is 4.71. The summed E-state index contributed by atoms with van der Waals surface area (Å²) in [6, 6.07) is 7.48. The zero-order chi connectivity index (χ0) is 10.8. The number of hydrogen-bond acceptors (Lipinski definition) is 3. The molecule has 0 amide bonds. The molecule has 0 aliphatic rings. The number of aromatic amines is 1. The number of nitrogens with one attached hydrogen (secondary N) is 1. The van der Waals surface area contributed by atoms with Crippen LogP contribution in [0, 0.1) is 13.8 Å². The van der Waals surface area contributed by atoms with E-state index < -0.39 is 0 Å². The zero-order valence-electron chi connectivity index (χ0n) is 8.74. The molecule has 0 saturated heterocycles. The fraction of sp³-hybridized carbons (Fsp3) is 0.182. The number of nitrogens with two attached hydrogens (primary N) is 1. The van der Waals surface area contributed by atoms with E-state index in [1.807, 2.05) is 38.1 Å². The Balaban J connectivity index is 2.27. The van der Waals surface area contributed by atoms with E-state index in [0.29, 0.717) is 17.3 Å². The van der Waals surface area contributed by atoms with Crippen molar-refractivity contribution < 1.29 is 4.74 Å². The number of aryl methyl sites for hydroxylation is 2. The molecule has 4 nitrogen and oxygen atoms in total. The highest BCUT2D eigenvalue weighted by Crippen LogP contribution is 2.27. The molecular weight excluding hydrogens is 190 g/mol. The van der Waals surface area contributed by atoms with Crippen LogP contribution in [-0.2, 0) is 0 Å². The van der Waals surface area contributed by atoms with Gasteiger partial charge in [0, 0.05) is 11.8 Å². The molecule has 0 aliphatic heterocycles. The summed E-state index contributed by atoms with van der Waals surface area (Å²) in [5.41, 5.74) is 8.45. The summed E-state index contributed by atoms with van der Waals surface area (Å²) < 4.78 is 5.54. The summed E-state index contributed by atoms with van der Waals surface area (Å²) in [4.78, 5) is 0. The molecule has 1 aromatic heterocycles. The third kappa shape index (κ3) is 2.10. The second kappa shape index (κ2) is 3.65. The summed E-state index contributed by atoms with van der Waals surface area (Å²) in [7, 11) is 0. The molecule has 0 atom stereocenters. The van der Waals surface area contributed by atoms with Gasteiger partial charge < -0.3 is 10.5 Å². The van der Waals surface area contributed by atoms with Gasteiger partial charge in [-0.3, -0.25) is 5.10 Å². The van der Waals surface area contributed by atoms with Crippen LogP contribution in [0.4, 0.5) is 5.69 Å². The number of ether oxygens (including phenoxy) is 1. The summed E-state index contributed by atoms with van der Waals surface area (Å²) in [5, 5.41) is 6.79. The Morgan fingerprint density at radius 3 is 2.73 bits per heavy atom. The monoisotopic (exact) mass is 203 g/mol. The largest absolute Gasteiger partial charge is 0.435 e. The summed E-state index contributed by atoms with van der Waals surface area (Å²) in [6.07, 6.45) is 0. The van der Waals surface area contributed by atoms with Crippen LogP contribution in [0.25, 0.3) is 0 Å². The van der Waals surface area contributed by atoms with Crippen molar-refractivity contribution in [2.45, 2.75) is 13.8 Å². The van der Waals surface area contributed by atoms with Gasteiger partial charge in [-0.25, -0.2) is 0 Å². The molecule has 4 heteroatoms. The van der Waals surface area contributed by atoms with Crippen LogP contribution in [0.3, 0.4) is 0 Å². The Kier molecular flexibility index (Phi) is 2.33. The predicted octanol–water partition coefficient (Wildman–Crippen LogP) is 2.40. The quantitative estimate of drug-likeness (QED) is 0.736. The Labute approximate surface area is 88.1 Å². The molecule has 0 radical (unpaired) electrons. The molecule has 1 aromatic carbocycles. The minimum absolute atomic E-state index is 0.532. The fourth-order valence-corrected chi connectivity index (χ4v) is 1.29. The van der Waals surface area contributed by atoms with E-state index in [0.717, 1.165) is 11.3 Å². The first kappa shape index (κ1) is 9.58. The summed E-state index contributed by atoms with van der Waals surface area (Å²) >= 11 is 0. The molecule has 2 rings (SSSR count). The van der Waals surface area contributed by atoms with Crippen molar-refractivity contribution in [2.24, 2.45) is 0 Å². The number of benzene rings is 1. The van der Waals surface area contributed by atoms with Gasteiger partial charge in [0.25, 0.3) is 0 Å². The number of H-pyrrole nitrogens is 1. The molecule has 3 N–H and O–H groups in total. The molecule has 0 unspecified atom stereocenters. The van der Waals surface area contributed by atoms with Crippen LogP contribution in [0.15, 0.2) is 24.3 Å². The van der Waals surface area contributed by atoms with Crippen molar-refractivity contribution in [3.63, 3.8) is 0 Å². The van der Waals surface area contributed by atoms with E-state index >= 15 is 0 Å². The molecule has 0 aliphatic carbocycles. The van der Waals surface area contributed by atoms with Gasteiger partial charge in [0.05, 0.1) is 5.69 Å². The topological polar surface area (TPSA) is 63.9 Å². The van der Waals surface area contributed by atoms with Crippen LogP contribution in [0.5, 0.6) is 11.6 Å². The number of hydrogen-bond donors (Lipinski definition) is 2. The van der Waals surface area contributed by atoms with Crippen LogP contribution in [0.1, 0.15) is 11.3 Å². The lowest BCUT2D eigenvalue weighted by atomic mass is 10.2. The van der Waals surface area contributed by atoms with Crippen LogP contribution >= 0.6 is 0 Å². The van der Waals surface area contributed by atoms with Crippen molar-refractivity contribution in [1.82, 2.24) is 10.2 Å². The highest BCUT2D eigenvalue weighted by molar-refractivity contribution is 5.54. The SMILES string of the molecule is Cc1ccc(N)c(Oc2cc(C)[nH]n2)c1. The molecule has 0 bridgehead atoms. The third-order valence-corrected chi connectivity index (χ3v) is 2.07. The molecule has 0 saturated carbocycles. The van der Waals surface area contributed by atoms with Gasteiger partial charge in [-0.2, -0.15) is 0 Å². The number of anilines is 1. The van der Waals surface area contributed by atoms with Crippen molar-refractivity contribution >= 4 is 5.69 Å². The van der Waals surface area contributed by atoms with Gasteiger partial charge in [0.2, 0.25) is 5.88 Å². The highest BCUT2D eigenvalue weighted by atomic mass is 16.5. The highest BCUT2D eigenvalue weighted by Gasteiger charge is 2.04.